The summed E-state index contributed by atoms with van der Waals surface area (Å²) >= 11 is 0. The van der Waals surface area contributed by atoms with Gasteiger partial charge in [0.05, 0.1) is 12.6 Å². The molecule has 0 saturated carbocycles. The smallest absolute Gasteiger partial charge is 0.407 e. The highest BCUT2D eigenvalue weighted by Crippen LogP contribution is 2.29. The number of nitrogens with zero attached hydrogens (tertiary/aromatic N) is 3. The summed E-state index contributed by atoms with van der Waals surface area (Å²) in [5.41, 5.74) is 4.34. The molecule has 3 amide bonds. The van der Waals surface area contributed by atoms with Crippen LogP contribution in [0.4, 0.5) is 22.0 Å². The molecule has 1 saturated heterocycles. The van der Waals surface area contributed by atoms with Crippen LogP contribution in [0.1, 0.15) is 26.7 Å². The molecule has 1 fully saturated rings. The molecule has 10 heteroatoms. The van der Waals surface area contributed by atoms with Crippen molar-refractivity contribution in [2.75, 3.05) is 24.3 Å². The molecular formula is C32H34N6O4. The van der Waals surface area contributed by atoms with Gasteiger partial charge in [0.1, 0.15) is 24.2 Å². The number of amides is 3. The number of rotatable bonds is 8. The maximum absolute atomic E-state index is 13.3. The zero-order chi connectivity index (χ0) is 29.6. The van der Waals surface area contributed by atoms with E-state index in [2.05, 4.69) is 30.7 Å². The molecule has 3 N–H and O–H groups in total. The first-order chi connectivity index (χ1) is 20.3. The average Bonchev–Trinajstić information content (AvgIpc) is 3.51. The Balaban J connectivity index is 1.29. The van der Waals surface area contributed by atoms with E-state index in [1.807, 2.05) is 86.6 Å². The number of benzene rings is 3. The second-order valence-electron chi connectivity index (χ2n) is 10.6. The number of alkyl carbamates (subject to hydrolysis) is 1. The monoisotopic (exact) mass is 566 g/mol. The van der Waals surface area contributed by atoms with E-state index in [4.69, 9.17) is 0 Å². The van der Waals surface area contributed by atoms with Crippen LogP contribution in [0.3, 0.4) is 0 Å². The van der Waals surface area contributed by atoms with Crippen LogP contribution in [-0.2, 0) is 14.3 Å². The third-order valence-corrected chi connectivity index (χ3v) is 7.39. The van der Waals surface area contributed by atoms with Crippen LogP contribution < -0.4 is 16.0 Å². The van der Waals surface area contributed by atoms with Crippen molar-refractivity contribution >= 4 is 46.0 Å². The lowest BCUT2D eigenvalue weighted by Gasteiger charge is -2.30. The van der Waals surface area contributed by atoms with Gasteiger partial charge in [-0.1, -0.05) is 50.2 Å². The van der Waals surface area contributed by atoms with Gasteiger partial charge in [-0.3, -0.25) is 9.59 Å². The number of carbonyl (C=O) groups is 3. The van der Waals surface area contributed by atoms with E-state index < -0.39 is 18.2 Å². The summed E-state index contributed by atoms with van der Waals surface area (Å²) in [7, 11) is 1.25. The predicted octanol–water partition coefficient (Wildman–Crippen LogP) is 5.35. The van der Waals surface area contributed by atoms with Gasteiger partial charge in [-0.25, -0.2) is 14.8 Å². The molecule has 1 aliphatic heterocycles. The second kappa shape index (κ2) is 12.7. The quantitative estimate of drug-likeness (QED) is 0.263. The van der Waals surface area contributed by atoms with Gasteiger partial charge in [0.25, 0.3) is 0 Å². The Morgan fingerprint density at radius 3 is 2.38 bits per heavy atom. The van der Waals surface area contributed by atoms with Crippen molar-refractivity contribution in [1.82, 2.24) is 20.2 Å². The molecule has 1 aromatic heterocycles. The van der Waals surface area contributed by atoms with E-state index in [9.17, 15) is 14.4 Å². The number of ether oxygens (including phenoxy) is 1. The van der Waals surface area contributed by atoms with Crippen LogP contribution >= 0.6 is 0 Å². The Bertz CT molecular complexity index is 1580. The Kier molecular flexibility index (Phi) is 8.61. The molecule has 0 radical (unpaired) electrons. The Morgan fingerprint density at radius 1 is 0.929 bits per heavy atom. The minimum absolute atomic E-state index is 0.166. The summed E-state index contributed by atoms with van der Waals surface area (Å²) in [4.78, 5) is 48.8. The van der Waals surface area contributed by atoms with Crippen LogP contribution in [0.2, 0.25) is 0 Å². The van der Waals surface area contributed by atoms with E-state index in [1.165, 1.54) is 7.11 Å². The average molecular weight is 567 g/mol. The third kappa shape index (κ3) is 6.33. The maximum atomic E-state index is 13.3. The number of para-hydroxylation sites is 1. The van der Waals surface area contributed by atoms with Crippen LogP contribution in [-0.4, -0.2) is 58.5 Å². The molecular weight excluding hydrogens is 532 g/mol. The molecule has 1 aliphatic rings. The number of fused-ring (bicyclic) bond motifs is 1. The third-order valence-electron chi connectivity index (χ3n) is 7.39. The largest absolute Gasteiger partial charge is 0.453 e. The van der Waals surface area contributed by atoms with Crippen LogP contribution in [0.5, 0.6) is 0 Å². The van der Waals surface area contributed by atoms with Crippen LogP contribution in [0.15, 0.2) is 79.1 Å². The van der Waals surface area contributed by atoms with Gasteiger partial charge in [-0.15, -0.1) is 0 Å². The lowest BCUT2D eigenvalue weighted by molar-refractivity contribution is -0.139. The molecule has 0 spiro atoms. The molecule has 0 bridgehead atoms. The SMILES string of the molecule is COC(=O)N[C@H](C(=O)N1CCC[C@H]1C(=O)Nc1ccc(-c2ccc3ncnc(Nc4ccccc4)c3c2)cc1)C(C)C. The van der Waals surface area contributed by atoms with Crippen LogP contribution in [0, 0.1) is 5.92 Å². The molecule has 0 unspecified atom stereocenters. The Labute approximate surface area is 244 Å². The van der Waals surface area contributed by atoms with Crippen LogP contribution in [0.25, 0.3) is 22.0 Å². The summed E-state index contributed by atoms with van der Waals surface area (Å²) in [6.07, 6.45) is 2.13. The van der Waals surface area contributed by atoms with E-state index in [0.29, 0.717) is 30.9 Å². The molecule has 0 aliphatic carbocycles. The fraction of sp³-hybridized carbons (Fsp3) is 0.281. The van der Waals surface area contributed by atoms with Crippen molar-refractivity contribution in [3.05, 3.63) is 79.1 Å². The molecule has 42 heavy (non-hydrogen) atoms. The number of aromatic nitrogens is 2. The fourth-order valence-electron chi connectivity index (χ4n) is 5.15. The van der Waals surface area contributed by atoms with Gasteiger partial charge < -0.3 is 25.6 Å². The van der Waals surface area contributed by atoms with Crippen molar-refractivity contribution in [2.45, 2.75) is 38.8 Å². The number of hydrogen-bond donors (Lipinski definition) is 3. The summed E-state index contributed by atoms with van der Waals surface area (Å²) in [6.45, 7) is 4.14. The highest BCUT2D eigenvalue weighted by Gasteiger charge is 2.38. The topological polar surface area (TPSA) is 126 Å². The first-order valence-electron chi connectivity index (χ1n) is 14.0. The highest BCUT2D eigenvalue weighted by atomic mass is 16.5. The minimum Gasteiger partial charge on any atom is -0.453 e. The molecule has 3 aromatic carbocycles. The van der Waals surface area contributed by atoms with Crippen molar-refractivity contribution in [3.8, 4) is 11.1 Å². The fourth-order valence-corrected chi connectivity index (χ4v) is 5.15. The van der Waals surface area contributed by atoms with Gasteiger partial charge in [-0.2, -0.15) is 0 Å². The molecule has 2 heterocycles. The van der Waals surface area contributed by atoms with Crippen molar-refractivity contribution in [1.29, 1.82) is 0 Å². The number of nitrogens with one attached hydrogen (secondary N) is 3. The van der Waals surface area contributed by atoms with E-state index in [-0.39, 0.29) is 17.7 Å². The summed E-state index contributed by atoms with van der Waals surface area (Å²) in [5.74, 6) is 0.00729. The molecule has 2 atom stereocenters. The van der Waals surface area contributed by atoms with E-state index >= 15 is 0 Å². The summed E-state index contributed by atoms with van der Waals surface area (Å²) < 4.78 is 4.68. The van der Waals surface area contributed by atoms with E-state index in [1.54, 1.807) is 11.2 Å². The minimum atomic E-state index is -0.777. The normalized spacial score (nSPS) is 15.3. The molecule has 5 rings (SSSR count). The van der Waals surface area contributed by atoms with Gasteiger partial charge in [-0.05, 0) is 66.3 Å². The summed E-state index contributed by atoms with van der Waals surface area (Å²) in [5, 5.41) is 9.82. The lowest BCUT2D eigenvalue weighted by Crippen LogP contribution is -2.54. The molecule has 10 nitrogen and oxygen atoms in total. The van der Waals surface area contributed by atoms with Gasteiger partial charge in [0.2, 0.25) is 11.8 Å². The second-order valence-corrected chi connectivity index (χ2v) is 10.6. The Morgan fingerprint density at radius 2 is 1.67 bits per heavy atom. The zero-order valence-corrected chi connectivity index (χ0v) is 23.8. The standard InChI is InChI=1S/C32H34N6O4/c1-20(2)28(37-32(41)42-3)31(40)38-17-7-10-27(38)30(39)36-24-14-11-21(12-15-24)22-13-16-26-25(18-22)29(34-19-33-26)35-23-8-5-4-6-9-23/h4-6,8-9,11-16,18-20,27-28H,7,10,17H2,1-3H3,(H,36,39)(H,37,41)(H,33,34,35)/t27-,28-/m0/s1. The predicted molar refractivity (Wildman–Crippen MR) is 162 cm³/mol. The zero-order valence-electron chi connectivity index (χ0n) is 23.8. The highest BCUT2D eigenvalue weighted by molar-refractivity contribution is 5.99. The first kappa shape index (κ1) is 28.5. The van der Waals surface area contributed by atoms with Gasteiger partial charge in [0.15, 0.2) is 0 Å². The van der Waals surface area contributed by atoms with Gasteiger partial charge >= 0.3 is 6.09 Å². The first-order valence-corrected chi connectivity index (χ1v) is 14.0. The van der Waals surface area contributed by atoms with Crippen molar-refractivity contribution in [2.24, 2.45) is 5.92 Å². The number of hydrogen-bond acceptors (Lipinski definition) is 7. The summed E-state index contributed by atoms with van der Waals surface area (Å²) in [6, 6.07) is 22.0. The van der Waals surface area contributed by atoms with Crippen molar-refractivity contribution < 1.29 is 19.1 Å². The molecule has 4 aromatic rings. The number of likely N-dealkylation sites (tertiary alicyclic amines) is 1. The number of anilines is 3. The maximum Gasteiger partial charge on any atom is 0.407 e. The Hall–Kier alpha value is -4.99. The lowest BCUT2D eigenvalue weighted by atomic mass is 10.0. The molecule has 216 valence electrons. The van der Waals surface area contributed by atoms with Gasteiger partial charge in [0, 0.05) is 23.3 Å². The number of carbonyl (C=O) groups excluding carboxylic acids is 3. The number of methoxy groups -OCH3 is 1. The van der Waals surface area contributed by atoms with E-state index in [0.717, 1.165) is 27.7 Å². The van der Waals surface area contributed by atoms with Crippen molar-refractivity contribution in [3.63, 3.8) is 0 Å².